The summed E-state index contributed by atoms with van der Waals surface area (Å²) in [7, 11) is 0. The van der Waals surface area contributed by atoms with Crippen LogP contribution in [0.25, 0.3) is 0 Å². The Morgan fingerprint density at radius 2 is 2.21 bits per heavy atom. The van der Waals surface area contributed by atoms with Gasteiger partial charge in [-0.1, -0.05) is 32.6 Å². The number of ether oxygens (including phenoxy) is 1. The first-order valence-corrected chi connectivity index (χ1v) is 9.69. The van der Waals surface area contributed by atoms with Crippen LogP contribution in [0, 0.1) is 17.8 Å². The topological polar surface area (TPSA) is 56.2 Å². The molecule has 1 aliphatic heterocycles. The van der Waals surface area contributed by atoms with Crippen molar-refractivity contribution in [2.45, 2.75) is 70.6 Å². The van der Waals surface area contributed by atoms with Crippen molar-refractivity contribution in [2.75, 3.05) is 6.61 Å². The zero-order valence-corrected chi connectivity index (χ0v) is 14.6. The van der Waals surface area contributed by atoms with Gasteiger partial charge in [0.15, 0.2) is 0 Å². The predicted molar refractivity (Wildman–Crippen MR) is 91.4 cm³/mol. The third-order valence-electron chi connectivity index (χ3n) is 6.41. The Labute approximate surface area is 144 Å². The Kier molecular flexibility index (Phi) is 4.61. The molecule has 0 unspecified atom stereocenters. The highest BCUT2D eigenvalue weighted by Gasteiger charge is 2.56. The van der Waals surface area contributed by atoms with Crippen LogP contribution in [0.1, 0.15) is 51.3 Å². The molecular weight excluding hydrogens is 302 g/mol. The summed E-state index contributed by atoms with van der Waals surface area (Å²) in [5.41, 5.74) is 0. The number of hydrogen-bond acceptors (Lipinski definition) is 3. The molecule has 4 atom stereocenters. The summed E-state index contributed by atoms with van der Waals surface area (Å²) in [6, 6.07) is 0.349. The molecule has 1 aromatic heterocycles. The summed E-state index contributed by atoms with van der Waals surface area (Å²) < 4.78 is 8.07. The fourth-order valence-electron chi connectivity index (χ4n) is 5.20. The van der Waals surface area contributed by atoms with Crippen molar-refractivity contribution in [2.24, 2.45) is 17.8 Å². The monoisotopic (exact) mass is 331 g/mol. The Morgan fingerprint density at radius 3 is 3.00 bits per heavy atom. The number of amides is 1. The molecule has 132 valence electrons. The minimum Gasteiger partial charge on any atom is -0.377 e. The van der Waals surface area contributed by atoms with Crippen LogP contribution in [0.3, 0.4) is 0 Å². The van der Waals surface area contributed by atoms with Crippen molar-refractivity contribution in [3.63, 3.8) is 0 Å². The highest BCUT2D eigenvalue weighted by Crippen LogP contribution is 2.51. The molecule has 3 aliphatic rings. The first-order valence-electron chi connectivity index (χ1n) is 9.69. The fourth-order valence-corrected chi connectivity index (χ4v) is 5.20. The van der Waals surface area contributed by atoms with E-state index in [1.54, 1.807) is 0 Å². The van der Waals surface area contributed by atoms with E-state index in [1.165, 1.54) is 25.7 Å². The lowest BCUT2D eigenvalue weighted by molar-refractivity contribution is -0.130. The van der Waals surface area contributed by atoms with E-state index in [1.807, 2.05) is 12.4 Å². The average molecular weight is 331 g/mol. The summed E-state index contributed by atoms with van der Waals surface area (Å²) in [6.07, 6.45) is 12.1. The number of fused-ring (bicyclic) bond motifs is 1. The van der Waals surface area contributed by atoms with Crippen molar-refractivity contribution >= 4 is 5.91 Å². The molecule has 5 nitrogen and oxygen atoms in total. The van der Waals surface area contributed by atoms with Gasteiger partial charge in [0.1, 0.15) is 5.82 Å². The minimum absolute atomic E-state index is 0.184. The number of carbonyl (C=O) groups is 1. The zero-order chi connectivity index (χ0) is 16.5. The quantitative estimate of drug-likeness (QED) is 0.871. The van der Waals surface area contributed by atoms with Gasteiger partial charge in [-0.05, 0) is 12.3 Å². The molecule has 2 heterocycles. The van der Waals surface area contributed by atoms with Crippen molar-refractivity contribution in [1.29, 1.82) is 0 Å². The molecule has 0 bridgehead atoms. The molecule has 5 heteroatoms. The Morgan fingerprint density at radius 1 is 1.38 bits per heavy atom. The first-order chi connectivity index (χ1) is 11.8. The van der Waals surface area contributed by atoms with E-state index < -0.39 is 0 Å². The minimum atomic E-state index is 0.184. The smallest absolute Gasteiger partial charge is 0.222 e. The van der Waals surface area contributed by atoms with Gasteiger partial charge in [0, 0.05) is 56.3 Å². The molecule has 2 aliphatic carbocycles. The van der Waals surface area contributed by atoms with E-state index in [4.69, 9.17) is 4.74 Å². The standard InChI is InChI=1S/C19H29N3O2/c1-2-15-20-9-11-22(15)10-7-16(23)21-18-14-8-12-24-19(14)17(18)13-5-3-4-6-13/h9,11,13-14,17-19H,2-8,10,12H2,1H3,(H,21,23)/t14-,17+,18+,19-/m1/s1. The van der Waals surface area contributed by atoms with Gasteiger partial charge in [-0.25, -0.2) is 4.98 Å². The Hall–Kier alpha value is -1.36. The van der Waals surface area contributed by atoms with Gasteiger partial charge in [0.25, 0.3) is 0 Å². The van der Waals surface area contributed by atoms with Crippen LogP contribution in [0.15, 0.2) is 12.4 Å². The van der Waals surface area contributed by atoms with Crippen LogP contribution in [0.2, 0.25) is 0 Å². The maximum Gasteiger partial charge on any atom is 0.222 e. The number of aromatic nitrogens is 2. The number of hydrogen-bond donors (Lipinski definition) is 1. The lowest BCUT2D eigenvalue weighted by Crippen LogP contribution is -2.63. The number of rotatable bonds is 6. The molecule has 1 N–H and O–H groups in total. The maximum atomic E-state index is 12.5. The van der Waals surface area contributed by atoms with Crippen LogP contribution in [0.5, 0.6) is 0 Å². The summed E-state index contributed by atoms with van der Waals surface area (Å²) >= 11 is 0. The van der Waals surface area contributed by atoms with E-state index in [-0.39, 0.29) is 5.91 Å². The molecular formula is C19H29N3O2. The van der Waals surface area contributed by atoms with E-state index >= 15 is 0 Å². The number of aryl methyl sites for hydroxylation is 2. The van der Waals surface area contributed by atoms with Gasteiger partial charge in [0.05, 0.1) is 6.10 Å². The van der Waals surface area contributed by atoms with Crippen molar-refractivity contribution in [3.8, 4) is 0 Å². The SMILES string of the molecule is CCc1nccn1CCC(=O)N[C@H]1[C@H]2CCO[C@H]2[C@H]1C1CCCC1. The molecule has 1 aromatic rings. The van der Waals surface area contributed by atoms with Crippen LogP contribution in [-0.4, -0.2) is 34.2 Å². The van der Waals surface area contributed by atoms with Crippen LogP contribution < -0.4 is 5.32 Å². The molecule has 0 spiro atoms. The van der Waals surface area contributed by atoms with Gasteiger partial charge < -0.3 is 14.6 Å². The van der Waals surface area contributed by atoms with Crippen LogP contribution in [-0.2, 0) is 22.5 Å². The van der Waals surface area contributed by atoms with Gasteiger partial charge in [-0.2, -0.15) is 0 Å². The number of nitrogens with zero attached hydrogens (tertiary/aromatic N) is 2. The summed E-state index contributed by atoms with van der Waals surface area (Å²) in [5.74, 6) is 3.11. The van der Waals surface area contributed by atoms with E-state index in [2.05, 4.69) is 21.8 Å². The summed E-state index contributed by atoms with van der Waals surface area (Å²) in [5, 5.41) is 3.36. The number of carbonyl (C=O) groups excluding carboxylic acids is 1. The van der Waals surface area contributed by atoms with Gasteiger partial charge in [0.2, 0.25) is 5.91 Å². The zero-order valence-electron chi connectivity index (χ0n) is 14.6. The second-order valence-electron chi connectivity index (χ2n) is 7.64. The largest absolute Gasteiger partial charge is 0.377 e. The summed E-state index contributed by atoms with van der Waals surface area (Å²) in [6.45, 7) is 3.69. The normalized spacial score (nSPS) is 32.5. The van der Waals surface area contributed by atoms with E-state index in [9.17, 15) is 4.79 Å². The molecule has 3 fully saturated rings. The van der Waals surface area contributed by atoms with Crippen LogP contribution in [0.4, 0.5) is 0 Å². The average Bonchev–Trinajstić information content (AvgIpc) is 3.32. The highest BCUT2D eigenvalue weighted by molar-refractivity contribution is 5.76. The maximum absolute atomic E-state index is 12.5. The lowest BCUT2D eigenvalue weighted by atomic mass is 9.61. The lowest BCUT2D eigenvalue weighted by Gasteiger charge is -2.50. The van der Waals surface area contributed by atoms with E-state index in [0.29, 0.717) is 30.4 Å². The Balaban J connectivity index is 1.34. The predicted octanol–water partition coefficient (Wildman–Crippen LogP) is 2.55. The molecule has 0 aromatic carbocycles. The second kappa shape index (κ2) is 6.87. The molecule has 1 amide bonds. The van der Waals surface area contributed by atoms with Crippen molar-refractivity contribution in [1.82, 2.24) is 14.9 Å². The van der Waals surface area contributed by atoms with Gasteiger partial charge in [-0.3, -0.25) is 4.79 Å². The molecule has 1 saturated heterocycles. The number of imidazole rings is 1. The first kappa shape index (κ1) is 16.1. The van der Waals surface area contributed by atoms with Gasteiger partial charge in [-0.15, -0.1) is 0 Å². The van der Waals surface area contributed by atoms with Crippen molar-refractivity contribution < 1.29 is 9.53 Å². The van der Waals surface area contributed by atoms with Crippen LogP contribution >= 0.6 is 0 Å². The molecule has 4 rings (SSSR count). The third-order valence-corrected chi connectivity index (χ3v) is 6.41. The molecule has 24 heavy (non-hydrogen) atoms. The van der Waals surface area contributed by atoms with Gasteiger partial charge >= 0.3 is 0 Å². The number of nitrogens with one attached hydrogen (secondary N) is 1. The second-order valence-corrected chi connectivity index (χ2v) is 7.64. The summed E-state index contributed by atoms with van der Waals surface area (Å²) in [4.78, 5) is 16.8. The third kappa shape index (κ3) is 2.87. The molecule has 0 radical (unpaired) electrons. The van der Waals surface area contributed by atoms with Crippen molar-refractivity contribution in [3.05, 3.63) is 18.2 Å². The molecule has 2 saturated carbocycles. The fraction of sp³-hybridized carbons (Fsp3) is 0.789. The highest BCUT2D eigenvalue weighted by atomic mass is 16.5. The Bertz CT molecular complexity index is 574. The van der Waals surface area contributed by atoms with E-state index in [0.717, 1.165) is 37.7 Å².